The van der Waals surface area contributed by atoms with Crippen LogP contribution in [-0.2, 0) is 6.54 Å². The van der Waals surface area contributed by atoms with Crippen molar-refractivity contribution >= 4 is 49.2 Å². The molecule has 0 saturated carbocycles. The summed E-state index contributed by atoms with van der Waals surface area (Å²) in [5.41, 5.74) is 2.02. The van der Waals surface area contributed by atoms with Crippen molar-refractivity contribution in [1.29, 1.82) is 0 Å². The molecule has 4 rings (SSSR count). The van der Waals surface area contributed by atoms with Gasteiger partial charge in [-0.2, -0.15) is 0 Å². The number of imidazole rings is 1. The highest BCUT2D eigenvalue weighted by Crippen LogP contribution is 2.23. The van der Waals surface area contributed by atoms with Gasteiger partial charge in [-0.3, -0.25) is 14.0 Å². The molecule has 0 bridgehead atoms. The SMILES string of the molecule is COc1ccc(Br)cc1CNC(=O)c1cc(=O)n2c(nc3ccccc32)s1. The Morgan fingerprint density at radius 3 is 2.89 bits per heavy atom. The number of hydrogen-bond donors (Lipinski definition) is 1. The van der Waals surface area contributed by atoms with Crippen molar-refractivity contribution in [2.24, 2.45) is 0 Å². The maximum Gasteiger partial charge on any atom is 0.261 e. The highest BCUT2D eigenvalue weighted by Gasteiger charge is 2.14. The van der Waals surface area contributed by atoms with Crippen molar-refractivity contribution in [3.63, 3.8) is 0 Å². The Balaban J connectivity index is 1.64. The molecule has 0 saturated heterocycles. The fourth-order valence-electron chi connectivity index (χ4n) is 2.85. The summed E-state index contributed by atoms with van der Waals surface area (Å²) in [5, 5.41) is 2.84. The van der Waals surface area contributed by atoms with E-state index in [-0.39, 0.29) is 18.0 Å². The third-order valence-electron chi connectivity index (χ3n) is 4.11. The van der Waals surface area contributed by atoms with Crippen LogP contribution in [0.15, 0.2) is 57.8 Å². The van der Waals surface area contributed by atoms with Gasteiger partial charge in [0.05, 0.1) is 18.1 Å². The van der Waals surface area contributed by atoms with Gasteiger partial charge in [-0.25, -0.2) is 4.98 Å². The Morgan fingerprint density at radius 1 is 1.26 bits per heavy atom. The van der Waals surface area contributed by atoms with Gasteiger partial charge in [0.1, 0.15) is 10.6 Å². The summed E-state index contributed by atoms with van der Waals surface area (Å²) in [7, 11) is 1.58. The standard InChI is InChI=1S/C19H14BrN3O3S/c1-26-15-7-6-12(20)8-11(15)10-21-18(25)16-9-17(24)23-14-5-3-2-4-13(14)22-19(23)27-16/h2-9H,10H2,1H3,(H,21,25). The number of carbonyl (C=O) groups is 1. The lowest BCUT2D eigenvalue weighted by Gasteiger charge is -2.10. The quantitative estimate of drug-likeness (QED) is 0.522. The molecule has 0 aliphatic rings. The van der Waals surface area contributed by atoms with Crippen LogP contribution in [0.5, 0.6) is 5.75 Å². The van der Waals surface area contributed by atoms with Crippen LogP contribution in [0.3, 0.4) is 0 Å². The molecule has 136 valence electrons. The van der Waals surface area contributed by atoms with E-state index in [0.717, 1.165) is 21.1 Å². The van der Waals surface area contributed by atoms with E-state index in [1.165, 1.54) is 21.8 Å². The molecule has 0 fully saturated rings. The van der Waals surface area contributed by atoms with Crippen LogP contribution in [0, 0.1) is 0 Å². The molecule has 2 heterocycles. The molecule has 1 N–H and O–H groups in total. The van der Waals surface area contributed by atoms with Gasteiger partial charge in [0, 0.05) is 22.6 Å². The first-order chi connectivity index (χ1) is 13.1. The molecule has 2 aromatic heterocycles. The lowest BCUT2D eigenvalue weighted by atomic mass is 10.2. The van der Waals surface area contributed by atoms with Crippen LogP contribution >= 0.6 is 27.3 Å². The smallest absolute Gasteiger partial charge is 0.261 e. The molecule has 0 aliphatic heterocycles. The van der Waals surface area contributed by atoms with Gasteiger partial charge >= 0.3 is 0 Å². The maximum absolute atomic E-state index is 12.6. The van der Waals surface area contributed by atoms with E-state index in [1.807, 2.05) is 42.5 Å². The van der Waals surface area contributed by atoms with E-state index in [9.17, 15) is 9.59 Å². The number of amides is 1. The Morgan fingerprint density at radius 2 is 2.07 bits per heavy atom. The highest BCUT2D eigenvalue weighted by atomic mass is 79.9. The fraction of sp³-hybridized carbons (Fsp3) is 0.105. The second-order valence-corrected chi connectivity index (χ2v) is 7.73. The topological polar surface area (TPSA) is 72.7 Å². The molecular weight excluding hydrogens is 430 g/mol. The van der Waals surface area contributed by atoms with Crippen molar-refractivity contribution in [2.45, 2.75) is 6.54 Å². The van der Waals surface area contributed by atoms with Crippen LogP contribution in [0.25, 0.3) is 16.0 Å². The molecule has 0 radical (unpaired) electrons. The average molecular weight is 444 g/mol. The number of fused-ring (bicyclic) bond motifs is 3. The number of halogens is 1. The predicted molar refractivity (Wildman–Crippen MR) is 109 cm³/mol. The summed E-state index contributed by atoms with van der Waals surface area (Å²) in [6, 6.07) is 14.3. The Bertz CT molecular complexity index is 1230. The second-order valence-electron chi connectivity index (χ2n) is 5.81. The maximum atomic E-state index is 12.6. The predicted octanol–water partition coefficient (Wildman–Crippen LogP) is 3.61. The molecule has 27 heavy (non-hydrogen) atoms. The third-order valence-corrected chi connectivity index (χ3v) is 5.58. The lowest BCUT2D eigenvalue weighted by molar-refractivity contribution is 0.0954. The van der Waals surface area contributed by atoms with Crippen molar-refractivity contribution in [3.05, 3.63) is 73.8 Å². The summed E-state index contributed by atoms with van der Waals surface area (Å²) >= 11 is 4.59. The van der Waals surface area contributed by atoms with Gasteiger partial charge < -0.3 is 10.1 Å². The number of nitrogens with zero attached hydrogens (tertiary/aromatic N) is 2. The Labute approximate surface area is 166 Å². The van der Waals surface area contributed by atoms with E-state index >= 15 is 0 Å². The monoisotopic (exact) mass is 443 g/mol. The largest absolute Gasteiger partial charge is 0.496 e. The van der Waals surface area contributed by atoms with E-state index in [1.54, 1.807) is 7.11 Å². The minimum atomic E-state index is -0.325. The van der Waals surface area contributed by atoms with Gasteiger partial charge in [0.15, 0.2) is 4.96 Å². The summed E-state index contributed by atoms with van der Waals surface area (Å²) in [6.07, 6.45) is 0. The molecule has 8 heteroatoms. The molecule has 1 amide bonds. The van der Waals surface area contributed by atoms with Crippen molar-refractivity contribution in [1.82, 2.24) is 14.7 Å². The summed E-state index contributed by atoms with van der Waals surface area (Å²) in [4.78, 5) is 30.4. The number of hydrogen-bond acceptors (Lipinski definition) is 5. The van der Waals surface area contributed by atoms with E-state index in [0.29, 0.717) is 15.6 Å². The average Bonchev–Trinajstić information content (AvgIpc) is 3.05. The third kappa shape index (κ3) is 3.33. The zero-order valence-electron chi connectivity index (χ0n) is 14.2. The van der Waals surface area contributed by atoms with Crippen molar-refractivity contribution < 1.29 is 9.53 Å². The minimum Gasteiger partial charge on any atom is -0.496 e. The van der Waals surface area contributed by atoms with Crippen molar-refractivity contribution in [3.8, 4) is 5.75 Å². The van der Waals surface area contributed by atoms with Gasteiger partial charge in [-0.15, -0.1) is 0 Å². The molecule has 0 aliphatic carbocycles. The van der Waals surface area contributed by atoms with Crippen LogP contribution in [0.1, 0.15) is 15.2 Å². The summed E-state index contributed by atoms with van der Waals surface area (Å²) in [5.74, 6) is 0.357. The molecular formula is C19H14BrN3O3S. The van der Waals surface area contributed by atoms with E-state index < -0.39 is 0 Å². The van der Waals surface area contributed by atoms with Crippen LogP contribution in [0.2, 0.25) is 0 Å². The number of carbonyl (C=O) groups excluding carboxylic acids is 1. The van der Waals surface area contributed by atoms with Crippen LogP contribution in [0.4, 0.5) is 0 Å². The number of rotatable bonds is 4. The number of aromatic nitrogens is 2. The molecule has 0 spiro atoms. The molecule has 4 aromatic rings. The normalized spacial score (nSPS) is 11.0. The number of nitrogens with one attached hydrogen (secondary N) is 1. The Hall–Kier alpha value is -2.71. The second kappa shape index (κ2) is 7.13. The molecule has 2 aromatic carbocycles. The number of benzene rings is 2. The molecule has 0 unspecified atom stereocenters. The minimum absolute atomic E-state index is 0.275. The summed E-state index contributed by atoms with van der Waals surface area (Å²) in [6.45, 7) is 0.282. The Kier molecular flexibility index (Phi) is 4.67. The fourth-order valence-corrected chi connectivity index (χ4v) is 4.20. The van der Waals surface area contributed by atoms with Crippen LogP contribution in [-0.4, -0.2) is 22.4 Å². The van der Waals surface area contributed by atoms with Crippen LogP contribution < -0.4 is 15.6 Å². The van der Waals surface area contributed by atoms with Crippen molar-refractivity contribution in [2.75, 3.05) is 7.11 Å². The highest BCUT2D eigenvalue weighted by molar-refractivity contribution is 9.10. The lowest BCUT2D eigenvalue weighted by Crippen LogP contribution is -2.24. The number of methoxy groups -OCH3 is 1. The molecule has 6 nitrogen and oxygen atoms in total. The van der Waals surface area contributed by atoms with Gasteiger partial charge in [-0.05, 0) is 30.3 Å². The summed E-state index contributed by atoms with van der Waals surface area (Å²) < 4.78 is 7.73. The van der Waals surface area contributed by atoms with E-state index in [4.69, 9.17) is 4.74 Å². The first kappa shape index (κ1) is 17.7. The first-order valence-electron chi connectivity index (χ1n) is 8.09. The first-order valence-corrected chi connectivity index (χ1v) is 9.70. The van der Waals surface area contributed by atoms with E-state index in [2.05, 4.69) is 26.2 Å². The molecule has 0 atom stereocenters. The zero-order chi connectivity index (χ0) is 19.0. The van der Waals surface area contributed by atoms with Gasteiger partial charge in [0.2, 0.25) is 0 Å². The number of para-hydroxylation sites is 2. The van der Waals surface area contributed by atoms with Gasteiger partial charge in [0.25, 0.3) is 11.5 Å². The number of ether oxygens (including phenoxy) is 1. The van der Waals surface area contributed by atoms with Gasteiger partial charge in [-0.1, -0.05) is 39.4 Å². The zero-order valence-corrected chi connectivity index (χ0v) is 16.6.